The van der Waals surface area contributed by atoms with E-state index in [9.17, 15) is 9.59 Å². The Hall–Kier alpha value is -3.22. The number of rotatable bonds is 5. The molecule has 8 heteroatoms. The van der Waals surface area contributed by atoms with E-state index in [1.54, 1.807) is 66.7 Å². The molecule has 1 aliphatic heterocycles. The van der Waals surface area contributed by atoms with Gasteiger partial charge in [-0.15, -0.1) is 0 Å². The number of carbonyl (C=O) groups is 2. The maximum absolute atomic E-state index is 12.8. The van der Waals surface area contributed by atoms with Crippen molar-refractivity contribution in [2.75, 3.05) is 6.79 Å². The third kappa shape index (κ3) is 4.50. The lowest BCUT2D eigenvalue weighted by Gasteiger charge is -2.21. The Morgan fingerprint density at radius 3 is 1.90 bits per heavy atom. The number of carbonyl (C=O) groups excluding carboxylic acids is 2. The number of nitrogens with one attached hydrogen (secondary N) is 2. The van der Waals surface area contributed by atoms with Crippen molar-refractivity contribution >= 4 is 35.0 Å². The third-order valence-corrected chi connectivity index (χ3v) is 4.92. The van der Waals surface area contributed by atoms with Gasteiger partial charge in [0.25, 0.3) is 11.8 Å². The molecule has 30 heavy (non-hydrogen) atoms. The molecule has 0 aromatic heterocycles. The van der Waals surface area contributed by atoms with Gasteiger partial charge in [0.15, 0.2) is 11.5 Å². The van der Waals surface area contributed by atoms with Gasteiger partial charge < -0.3 is 20.1 Å². The summed E-state index contributed by atoms with van der Waals surface area (Å²) in [6.45, 7) is 0.118. The predicted molar refractivity (Wildman–Crippen MR) is 113 cm³/mol. The fourth-order valence-electron chi connectivity index (χ4n) is 2.98. The molecule has 152 valence electrons. The van der Waals surface area contributed by atoms with E-state index >= 15 is 0 Å². The first-order valence-corrected chi connectivity index (χ1v) is 9.77. The zero-order valence-electron chi connectivity index (χ0n) is 15.5. The van der Waals surface area contributed by atoms with Crippen LogP contribution in [0.3, 0.4) is 0 Å². The Balaban J connectivity index is 1.62. The van der Waals surface area contributed by atoms with Gasteiger partial charge in [0, 0.05) is 21.2 Å². The van der Waals surface area contributed by atoms with Crippen molar-refractivity contribution in [3.8, 4) is 11.5 Å². The van der Waals surface area contributed by atoms with Crippen molar-refractivity contribution in [1.82, 2.24) is 10.6 Å². The Morgan fingerprint density at radius 2 is 1.33 bits per heavy atom. The third-order valence-electron chi connectivity index (χ3n) is 4.45. The van der Waals surface area contributed by atoms with Crippen molar-refractivity contribution in [1.29, 1.82) is 0 Å². The molecule has 0 fully saturated rings. The van der Waals surface area contributed by atoms with E-state index in [1.165, 1.54) is 0 Å². The van der Waals surface area contributed by atoms with Crippen LogP contribution in [0, 0.1) is 0 Å². The van der Waals surface area contributed by atoms with E-state index < -0.39 is 18.0 Å². The van der Waals surface area contributed by atoms with Gasteiger partial charge in [-0.3, -0.25) is 9.59 Å². The fraction of sp³-hybridized carbons (Fsp3) is 0.0909. The molecule has 0 spiro atoms. The van der Waals surface area contributed by atoms with Gasteiger partial charge in [0.1, 0.15) is 6.17 Å². The van der Waals surface area contributed by atoms with Crippen molar-refractivity contribution in [3.63, 3.8) is 0 Å². The van der Waals surface area contributed by atoms with Crippen LogP contribution in [0.4, 0.5) is 0 Å². The summed E-state index contributed by atoms with van der Waals surface area (Å²) in [4.78, 5) is 25.6. The molecule has 2 amide bonds. The average molecular weight is 443 g/mol. The summed E-state index contributed by atoms with van der Waals surface area (Å²) < 4.78 is 10.8. The molecule has 3 aromatic rings. The largest absolute Gasteiger partial charge is 0.454 e. The average Bonchev–Trinajstić information content (AvgIpc) is 3.21. The minimum atomic E-state index is -0.836. The zero-order chi connectivity index (χ0) is 21.1. The SMILES string of the molecule is O=C(NC(NC(=O)c1cccc(Cl)c1)c1ccc2c(c1)OCO2)c1cccc(Cl)c1. The molecular formula is C22H16Cl2N2O4. The van der Waals surface area contributed by atoms with Crippen LogP contribution in [0.15, 0.2) is 66.7 Å². The highest BCUT2D eigenvalue weighted by Crippen LogP contribution is 2.34. The molecule has 0 atom stereocenters. The van der Waals surface area contributed by atoms with Crippen LogP contribution in [0.25, 0.3) is 0 Å². The van der Waals surface area contributed by atoms with E-state index in [2.05, 4.69) is 10.6 Å². The number of ether oxygens (including phenoxy) is 2. The predicted octanol–water partition coefficient (Wildman–Crippen LogP) is 4.58. The van der Waals surface area contributed by atoms with E-state index in [4.69, 9.17) is 32.7 Å². The number of fused-ring (bicyclic) bond motifs is 1. The van der Waals surface area contributed by atoms with Gasteiger partial charge in [0.05, 0.1) is 0 Å². The Bertz CT molecular complexity index is 1060. The standard InChI is InChI=1S/C22H16Cl2N2O4/c23-16-5-1-3-14(9-16)21(27)25-20(13-7-8-18-19(11-13)30-12-29-18)26-22(28)15-4-2-6-17(24)10-15/h1-11,20H,12H2,(H,25,27)(H,26,28). The first kappa shape index (κ1) is 20.1. The molecule has 0 radical (unpaired) electrons. The lowest BCUT2D eigenvalue weighted by Crippen LogP contribution is -2.41. The Morgan fingerprint density at radius 1 is 0.767 bits per heavy atom. The van der Waals surface area contributed by atoms with E-state index in [1.807, 2.05) is 0 Å². The van der Waals surface area contributed by atoms with E-state index in [0.29, 0.717) is 38.2 Å². The second kappa shape index (κ2) is 8.65. The molecular weight excluding hydrogens is 427 g/mol. The van der Waals surface area contributed by atoms with Gasteiger partial charge in [0.2, 0.25) is 6.79 Å². The van der Waals surface area contributed by atoms with Crippen LogP contribution in [0.5, 0.6) is 11.5 Å². The van der Waals surface area contributed by atoms with Gasteiger partial charge in [-0.1, -0.05) is 41.4 Å². The molecule has 1 aliphatic rings. The number of amides is 2. The van der Waals surface area contributed by atoms with Crippen LogP contribution < -0.4 is 20.1 Å². The molecule has 6 nitrogen and oxygen atoms in total. The first-order valence-electron chi connectivity index (χ1n) is 9.02. The fourth-order valence-corrected chi connectivity index (χ4v) is 3.36. The summed E-state index contributed by atoms with van der Waals surface area (Å²) in [6, 6.07) is 18.3. The normalized spacial score (nSPS) is 12.0. The summed E-state index contributed by atoms with van der Waals surface area (Å²) >= 11 is 12.0. The van der Waals surface area contributed by atoms with Crippen LogP contribution in [0.2, 0.25) is 10.0 Å². The lowest BCUT2D eigenvalue weighted by molar-refractivity contribution is 0.0883. The van der Waals surface area contributed by atoms with Gasteiger partial charge in [-0.05, 0) is 54.1 Å². The molecule has 3 aromatic carbocycles. The molecule has 0 saturated heterocycles. The minimum Gasteiger partial charge on any atom is -0.454 e. The summed E-state index contributed by atoms with van der Waals surface area (Å²) in [5, 5.41) is 6.52. The molecule has 0 unspecified atom stereocenters. The topological polar surface area (TPSA) is 76.7 Å². The summed E-state index contributed by atoms with van der Waals surface area (Å²) in [6.07, 6.45) is -0.836. The highest BCUT2D eigenvalue weighted by atomic mass is 35.5. The van der Waals surface area contributed by atoms with Crippen LogP contribution in [-0.2, 0) is 0 Å². The van der Waals surface area contributed by atoms with Crippen molar-refractivity contribution in [2.24, 2.45) is 0 Å². The van der Waals surface area contributed by atoms with Crippen LogP contribution >= 0.6 is 23.2 Å². The minimum absolute atomic E-state index is 0.118. The van der Waals surface area contributed by atoms with E-state index in [0.717, 1.165) is 0 Å². The molecule has 4 rings (SSSR count). The smallest absolute Gasteiger partial charge is 0.253 e. The lowest BCUT2D eigenvalue weighted by atomic mass is 10.1. The van der Waals surface area contributed by atoms with Crippen LogP contribution in [-0.4, -0.2) is 18.6 Å². The Kier molecular flexibility index (Phi) is 5.79. The number of hydrogen-bond donors (Lipinski definition) is 2. The quantitative estimate of drug-likeness (QED) is 0.566. The van der Waals surface area contributed by atoms with Gasteiger partial charge >= 0.3 is 0 Å². The number of halogens is 2. The summed E-state index contributed by atoms with van der Waals surface area (Å²) in [5.74, 6) is 0.337. The highest BCUT2D eigenvalue weighted by molar-refractivity contribution is 6.31. The maximum Gasteiger partial charge on any atom is 0.253 e. The van der Waals surface area contributed by atoms with Crippen molar-refractivity contribution in [2.45, 2.75) is 6.17 Å². The number of benzene rings is 3. The van der Waals surface area contributed by atoms with Crippen molar-refractivity contribution in [3.05, 3.63) is 93.5 Å². The molecule has 0 bridgehead atoms. The molecule has 1 heterocycles. The monoisotopic (exact) mass is 442 g/mol. The molecule has 0 aliphatic carbocycles. The molecule has 2 N–H and O–H groups in total. The van der Waals surface area contributed by atoms with E-state index in [-0.39, 0.29) is 6.79 Å². The summed E-state index contributed by atoms with van der Waals surface area (Å²) in [5.41, 5.74) is 1.35. The highest BCUT2D eigenvalue weighted by Gasteiger charge is 2.22. The second-order valence-corrected chi connectivity index (χ2v) is 7.39. The summed E-state index contributed by atoms with van der Waals surface area (Å²) in [7, 11) is 0. The van der Waals surface area contributed by atoms with Crippen molar-refractivity contribution < 1.29 is 19.1 Å². The molecule has 0 saturated carbocycles. The second-order valence-electron chi connectivity index (χ2n) is 6.51. The maximum atomic E-state index is 12.8. The zero-order valence-corrected chi connectivity index (χ0v) is 17.0. The Labute approximate surface area is 182 Å². The van der Waals surface area contributed by atoms with Crippen LogP contribution in [0.1, 0.15) is 32.4 Å². The van der Waals surface area contributed by atoms with Gasteiger partial charge in [-0.25, -0.2) is 0 Å². The van der Waals surface area contributed by atoms with Gasteiger partial charge in [-0.2, -0.15) is 0 Å². The number of hydrogen-bond acceptors (Lipinski definition) is 4. The first-order chi connectivity index (χ1) is 14.5.